The maximum absolute atomic E-state index is 11.5. The molecule has 86 valence electrons. The number of furan rings is 1. The molecule has 0 atom stereocenters. The van der Waals surface area contributed by atoms with Gasteiger partial charge < -0.3 is 14.8 Å². The maximum Gasteiger partial charge on any atom is 0.433 e. The minimum Gasteiger partial charge on any atom is -0.395 e. The van der Waals surface area contributed by atoms with Crippen LogP contribution in [0, 0.1) is 10.1 Å². The molecule has 2 N–H and O–H groups in total. The summed E-state index contributed by atoms with van der Waals surface area (Å²) in [5.74, 6) is -1.04. The molecule has 1 aliphatic carbocycles. The number of nitrogens with one attached hydrogen (secondary N) is 1. The summed E-state index contributed by atoms with van der Waals surface area (Å²) in [7, 11) is 0. The molecule has 0 saturated heterocycles. The normalized spacial score (nSPS) is 23.6. The molecule has 0 aliphatic heterocycles. The van der Waals surface area contributed by atoms with Crippen molar-refractivity contribution in [3.63, 3.8) is 0 Å². The predicted octanol–water partition coefficient (Wildman–Crippen LogP) is 0.441. The highest BCUT2D eigenvalue weighted by atomic mass is 16.6. The summed E-state index contributed by atoms with van der Waals surface area (Å²) >= 11 is 0. The monoisotopic (exact) mass is 226 g/mol. The number of carbonyl (C=O) groups is 1. The predicted molar refractivity (Wildman–Crippen MR) is 51.9 cm³/mol. The minimum absolute atomic E-state index is 0.0772. The van der Waals surface area contributed by atoms with E-state index in [9.17, 15) is 14.9 Å². The standard InChI is InChI=1S/C9H10N2O5/c12-6-3-5(4-6)10-9(13)7-1-2-8(16-7)11(14)15/h1-2,5-6,12H,3-4H2,(H,10,13). The Kier molecular flexibility index (Phi) is 2.61. The Labute approximate surface area is 90.2 Å². The number of amides is 1. The third-order valence-electron chi connectivity index (χ3n) is 2.44. The fourth-order valence-corrected chi connectivity index (χ4v) is 1.51. The van der Waals surface area contributed by atoms with Crippen LogP contribution in [0.5, 0.6) is 0 Å². The van der Waals surface area contributed by atoms with Crippen molar-refractivity contribution in [3.8, 4) is 0 Å². The Bertz CT molecular complexity index is 421. The molecule has 1 aromatic heterocycles. The van der Waals surface area contributed by atoms with Gasteiger partial charge in [0.1, 0.15) is 4.92 Å². The average Bonchev–Trinajstić information content (AvgIpc) is 2.63. The van der Waals surface area contributed by atoms with Gasteiger partial charge >= 0.3 is 5.88 Å². The number of nitrogens with zero attached hydrogens (tertiary/aromatic N) is 1. The van der Waals surface area contributed by atoms with Crippen LogP contribution >= 0.6 is 0 Å². The first-order chi connectivity index (χ1) is 7.56. The van der Waals surface area contributed by atoms with Crippen molar-refractivity contribution in [1.29, 1.82) is 0 Å². The lowest BCUT2D eigenvalue weighted by Gasteiger charge is -2.31. The molecule has 1 heterocycles. The number of hydrogen-bond donors (Lipinski definition) is 2. The van der Waals surface area contributed by atoms with E-state index in [1.54, 1.807) is 0 Å². The average molecular weight is 226 g/mol. The zero-order valence-corrected chi connectivity index (χ0v) is 8.25. The summed E-state index contributed by atoms with van der Waals surface area (Å²) in [4.78, 5) is 21.1. The summed E-state index contributed by atoms with van der Waals surface area (Å²) in [5.41, 5.74) is 0. The van der Waals surface area contributed by atoms with Crippen molar-refractivity contribution in [1.82, 2.24) is 5.32 Å². The van der Waals surface area contributed by atoms with Crippen molar-refractivity contribution in [2.45, 2.75) is 25.0 Å². The molecule has 16 heavy (non-hydrogen) atoms. The largest absolute Gasteiger partial charge is 0.433 e. The molecule has 2 rings (SSSR count). The molecule has 0 aromatic carbocycles. The first kappa shape index (κ1) is 10.6. The maximum atomic E-state index is 11.5. The molecule has 7 nitrogen and oxygen atoms in total. The number of carbonyl (C=O) groups excluding carboxylic acids is 1. The van der Waals surface area contributed by atoms with Crippen molar-refractivity contribution < 1.29 is 19.2 Å². The van der Waals surface area contributed by atoms with Gasteiger partial charge in [-0.3, -0.25) is 14.9 Å². The molecule has 0 spiro atoms. The van der Waals surface area contributed by atoms with E-state index in [2.05, 4.69) is 5.32 Å². The summed E-state index contributed by atoms with van der Waals surface area (Å²) in [5, 5.41) is 21.9. The molecule has 1 aromatic rings. The quantitative estimate of drug-likeness (QED) is 0.574. The van der Waals surface area contributed by atoms with Crippen LogP contribution in [0.15, 0.2) is 16.5 Å². The molecule has 0 unspecified atom stereocenters. The van der Waals surface area contributed by atoms with Gasteiger partial charge in [-0.15, -0.1) is 0 Å². The molecule has 1 saturated carbocycles. The summed E-state index contributed by atoms with van der Waals surface area (Å²) in [6.07, 6.45) is 0.652. The van der Waals surface area contributed by atoms with Crippen LogP contribution in [0.2, 0.25) is 0 Å². The lowest BCUT2D eigenvalue weighted by Crippen LogP contribution is -2.46. The van der Waals surface area contributed by atoms with Crippen LogP contribution in [0.4, 0.5) is 5.88 Å². The number of nitro groups is 1. The second-order valence-corrected chi connectivity index (χ2v) is 3.69. The topological polar surface area (TPSA) is 106 Å². The van der Waals surface area contributed by atoms with E-state index in [1.165, 1.54) is 6.07 Å². The highest BCUT2D eigenvalue weighted by Gasteiger charge is 2.29. The Morgan fingerprint density at radius 2 is 2.25 bits per heavy atom. The van der Waals surface area contributed by atoms with E-state index in [0.29, 0.717) is 12.8 Å². The molecule has 0 radical (unpaired) electrons. The zero-order valence-electron chi connectivity index (χ0n) is 8.25. The van der Waals surface area contributed by atoms with E-state index in [4.69, 9.17) is 9.52 Å². The van der Waals surface area contributed by atoms with E-state index < -0.39 is 16.7 Å². The van der Waals surface area contributed by atoms with Crippen LogP contribution in [-0.4, -0.2) is 28.1 Å². The van der Waals surface area contributed by atoms with E-state index >= 15 is 0 Å². The van der Waals surface area contributed by atoms with Gasteiger partial charge in [-0.1, -0.05) is 0 Å². The minimum atomic E-state index is -0.704. The molecule has 1 fully saturated rings. The number of aliphatic hydroxyl groups excluding tert-OH is 1. The fourth-order valence-electron chi connectivity index (χ4n) is 1.51. The van der Waals surface area contributed by atoms with Gasteiger partial charge in [0.25, 0.3) is 5.91 Å². The van der Waals surface area contributed by atoms with Crippen LogP contribution in [-0.2, 0) is 0 Å². The van der Waals surface area contributed by atoms with Crippen molar-refractivity contribution in [3.05, 3.63) is 28.0 Å². The van der Waals surface area contributed by atoms with Gasteiger partial charge in [0.2, 0.25) is 0 Å². The Morgan fingerprint density at radius 1 is 1.56 bits per heavy atom. The molecule has 1 amide bonds. The van der Waals surface area contributed by atoms with Gasteiger partial charge in [-0.25, -0.2) is 0 Å². The van der Waals surface area contributed by atoms with Crippen LogP contribution in [0.25, 0.3) is 0 Å². The van der Waals surface area contributed by atoms with E-state index in [-0.39, 0.29) is 17.9 Å². The number of hydrogen-bond acceptors (Lipinski definition) is 5. The SMILES string of the molecule is O=C(NC1CC(O)C1)c1ccc([N+](=O)[O-])o1. The van der Waals surface area contributed by atoms with Gasteiger partial charge in [0.05, 0.1) is 12.2 Å². The van der Waals surface area contributed by atoms with Gasteiger partial charge in [0, 0.05) is 6.04 Å². The summed E-state index contributed by atoms with van der Waals surface area (Å²) in [6.45, 7) is 0. The second-order valence-electron chi connectivity index (χ2n) is 3.69. The number of aliphatic hydroxyl groups is 1. The Hall–Kier alpha value is -1.89. The van der Waals surface area contributed by atoms with Crippen LogP contribution < -0.4 is 5.32 Å². The van der Waals surface area contributed by atoms with Crippen molar-refractivity contribution in [2.75, 3.05) is 0 Å². The first-order valence-corrected chi connectivity index (χ1v) is 4.79. The van der Waals surface area contributed by atoms with Gasteiger partial charge in [-0.2, -0.15) is 0 Å². The lowest BCUT2D eigenvalue weighted by molar-refractivity contribution is -0.402. The molecular formula is C9H10N2O5. The number of rotatable bonds is 3. The van der Waals surface area contributed by atoms with E-state index in [1.807, 2.05) is 0 Å². The molecule has 1 aliphatic rings. The fraction of sp³-hybridized carbons (Fsp3) is 0.444. The van der Waals surface area contributed by atoms with Crippen LogP contribution in [0.3, 0.4) is 0 Å². The highest BCUT2D eigenvalue weighted by Crippen LogP contribution is 2.21. The van der Waals surface area contributed by atoms with Crippen molar-refractivity contribution in [2.24, 2.45) is 0 Å². The second kappa shape index (κ2) is 3.93. The first-order valence-electron chi connectivity index (χ1n) is 4.79. The summed E-state index contributed by atoms with van der Waals surface area (Å²) in [6, 6.07) is 2.30. The zero-order chi connectivity index (χ0) is 11.7. The molecule has 7 heteroatoms. The lowest BCUT2D eigenvalue weighted by atomic mass is 9.89. The third-order valence-corrected chi connectivity index (χ3v) is 2.44. The molecular weight excluding hydrogens is 216 g/mol. The Morgan fingerprint density at radius 3 is 2.75 bits per heavy atom. The molecule has 0 bridgehead atoms. The summed E-state index contributed by atoms with van der Waals surface area (Å²) < 4.78 is 4.73. The highest BCUT2D eigenvalue weighted by molar-refractivity contribution is 5.91. The van der Waals surface area contributed by atoms with Crippen molar-refractivity contribution >= 4 is 11.8 Å². The van der Waals surface area contributed by atoms with Crippen LogP contribution in [0.1, 0.15) is 23.4 Å². The van der Waals surface area contributed by atoms with Gasteiger partial charge in [0.15, 0.2) is 5.76 Å². The smallest absolute Gasteiger partial charge is 0.395 e. The third kappa shape index (κ3) is 2.03. The van der Waals surface area contributed by atoms with E-state index in [0.717, 1.165) is 6.07 Å². The Balaban J connectivity index is 1.95. The van der Waals surface area contributed by atoms with Gasteiger partial charge in [-0.05, 0) is 18.9 Å².